The second kappa shape index (κ2) is 6.89. The van der Waals surface area contributed by atoms with Crippen LogP contribution in [0.25, 0.3) is 11.5 Å². The molecule has 0 aliphatic heterocycles. The van der Waals surface area contributed by atoms with E-state index < -0.39 is 17.9 Å². The number of carboxylic acids is 1. The quantitative estimate of drug-likeness (QED) is 0.855. The average Bonchev–Trinajstić information content (AvgIpc) is 2.96. The van der Waals surface area contributed by atoms with Crippen LogP contribution in [0.15, 0.2) is 41.0 Å². The van der Waals surface area contributed by atoms with Crippen molar-refractivity contribution in [3.63, 3.8) is 0 Å². The minimum absolute atomic E-state index is 0.0638. The zero-order valence-electron chi connectivity index (χ0n) is 12.4. The molecule has 0 fully saturated rings. The topological polar surface area (TPSA) is 92.4 Å². The van der Waals surface area contributed by atoms with Gasteiger partial charge in [0.05, 0.1) is 0 Å². The van der Waals surface area contributed by atoms with Crippen LogP contribution in [0.2, 0.25) is 0 Å². The summed E-state index contributed by atoms with van der Waals surface area (Å²) in [6, 6.07) is 8.22. The monoisotopic (exact) mass is 302 g/mol. The largest absolute Gasteiger partial charge is 0.480 e. The summed E-state index contributed by atoms with van der Waals surface area (Å²) in [6.07, 6.45) is 1.58. The normalized spacial score (nSPS) is 12.1. The van der Waals surface area contributed by atoms with Gasteiger partial charge >= 0.3 is 5.97 Å². The van der Waals surface area contributed by atoms with Crippen LogP contribution < -0.4 is 5.32 Å². The second-order valence-corrected chi connectivity index (χ2v) is 5.40. The molecule has 0 saturated carbocycles. The molecule has 116 valence electrons. The molecule has 1 aromatic carbocycles. The lowest BCUT2D eigenvalue weighted by Crippen LogP contribution is -2.41. The number of nitrogens with zero attached hydrogens (tertiary/aromatic N) is 1. The lowest BCUT2D eigenvalue weighted by molar-refractivity contribution is -0.139. The van der Waals surface area contributed by atoms with Crippen LogP contribution in [0.5, 0.6) is 0 Å². The Morgan fingerprint density at radius 2 is 1.95 bits per heavy atom. The minimum atomic E-state index is -1.06. The Labute approximate surface area is 128 Å². The molecule has 0 saturated heterocycles. The van der Waals surface area contributed by atoms with Crippen LogP contribution in [-0.2, 0) is 4.79 Å². The molecular weight excluding hydrogens is 284 g/mol. The highest BCUT2D eigenvalue weighted by molar-refractivity contribution is 5.95. The van der Waals surface area contributed by atoms with Crippen LogP contribution >= 0.6 is 0 Å². The fourth-order valence-corrected chi connectivity index (χ4v) is 2.02. The molecule has 1 heterocycles. The molecule has 1 amide bonds. The molecule has 0 unspecified atom stereocenters. The van der Waals surface area contributed by atoms with Crippen molar-refractivity contribution in [3.05, 3.63) is 42.3 Å². The first kappa shape index (κ1) is 15.8. The molecule has 0 radical (unpaired) electrons. The lowest BCUT2D eigenvalue weighted by Gasteiger charge is -2.15. The highest BCUT2D eigenvalue weighted by atomic mass is 16.4. The van der Waals surface area contributed by atoms with Crippen LogP contribution in [0.4, 0.5) is 0 Å². The zero-order valence-corrected chi connectivity index (χ0v) is 12.4. The highest BCUT2D eigenvalue weighted by Crippen LogP contribution is 2.18. The van der Waals surface area contributed by atoms with Gasteiger partial charge in [-0.2, -0.15) is 0 Å². The first-order chi connectivity index (χ1) is 10.5. The number of aliphatic carboxylic acids is 1. The van der Waals surface area contributed by atoms with Gasteiger partial charge < -0.3 is 14.8 Å². The van der Waals surface area contributed by atoms with Crippen molar-refractivity contribution >= 4 is 11.9 Å². The zero-order chi connectivity index (χ0) is 16.1. The fraction of sp³-hybridized carbons (Fsp3) is 0.312. The van der Waals surface area contributed by atoms with E-state index in [0.717, 1.165) is 5.56 Å². The first-order valence-corrected chi connectivity index (χ1v) is 7.02. The molecule has 0 aliphatic carbocycles. The summed E-state index contributed by atoms with van der Waals surface area (Å²) < 4.78 is 5.28. The molecule has 0 spiro atoms. The Hall–Kier alpha value is -2.63. The Bertz CT molecular complexity index is 649. The molecule has 6 nitrogen and oxygen atoms in total. The number of aromatic nitrogens is 1. The SMILES string of the molecule is CC(C)C[C@@H](NC(=O)c1coc(-c2ccccc2)n1)C(=O)O. The maximum Gasteiger partial charge on any atom is 0.326 e. The van der Waals surface area contributed by atoms with Gasteiger partial charge in [0.2, 0.25) is 5.89 Å². The van der Waals surface area contributed by atoms with Crippen molar-refractivity contribution in [1.29, 1.82) is 0 Å². The van der Waals surface area contributed by atoms with Crippen LogP contribution in [-0.4, -0.2) is 28.0 Å². The molecule has 0 bridgehead atoms. The fourth-order valence-electron chi connectivity index (χ4n) is 2.02. The second-order valence-electron chi connectivity index (χ2n) is 5.40. The van der Waals surface area contributed by atoms with Crippen molar-refractivity contribution in [2.75, 3.05) is 0 Å². The van der Waals surface area contributed by atoms with E-state index in [9.17, 15) is 9.59 Å². The third-order valence-electron chi connectivity index (χ3n) is 3.07. The molecule has 2 aromatic rings. The van der Waals surface area contributed by atoms with Crippen LogP contribution in [0, 0.1) is 5.92 Å². The van der Waals surface area contributed by atoms with Gasteiger partial charge in [0.15, 0.2) is 5.69 Å². The Balaban J connectivity index is 2.10. The predicted octanol–water partition coefficient (Wildman–Crippen LogP) is 2.57. The number of amides is 1. The maximum atomic E-state index is 12.1. The summed E-state index contributed by atoms with van der Waals surface area (Å²) in [5, 5.41) is 11.6. The summed E-state index contributed by atoms with van der Waals surface area (Å²) in [5.41, 5.74) is 0.812. The summed E-state index contributed by atoms with van der Waals surface area (Å²) in [7, 11) is 0. The summed E-state index contributed by atoms with van der Waals surface area (Å²) in [5.74, 6) is -1.15. The molecule has 6 heteroatoms. The molecule has 22 heavy (non-hydrogen) atoms. The van der Waals surface area contributed by atoms with E-state index in [0.29, 0.717) is 12.3 Å². The third-order valence-corrected chi connectivity index (χ3v) is 3.07. The van der Waals surface area contributed by atoms with Gasteiger partial charge in [-0.25, -0.2) is 9.78 Å². The molecule has 1 atom stereocenters. The van der Waals surface area contributed by atoms with Crippen molar-refractivity contribution < 1.29 is 19.1 Å². The molecule has 0 aliphatic rings. The standard InChI is InChI=1S/C16H18N2O4/c1-10(2)8-12(16(20)21)17-14(19)13-9-22-15(18-13)11-6-4-3-5-7-11/h3-7,9-10,12H,8H2,1-2H3,(H,17,19)(H,20,21)/t12-/m1/s1. The number of carboxylic acid groups (broad SMARTS) is 1. The van der Waals surface area contributed by atoms with Crippen molar-refractivity contribution in [2.24, 2.45) is 5.92 Å². The lowest BCUT2D eigenvalue weighted by atomic mass is 10.0. The van der Waals surface area contributed by atoms with Crippen LogP contribution in [0.1, 0.15) is 30.8 Å². The van der Waals surface area contributed by atoms with E-state index in [2.05, 4.69) is 10.3 Å². The molecular formula is C16H18N2O4. The highest BCUT2D eigenvalue weighted by Gasteiger charge is 2.23. The smallest absolute Gasteiger partial charge is 0.326 e. The number of rotatable bonds is 6. The third kappa shape index (κ3) is 3.94. The Morgan fingerprint density at radius 3 is 2.55 bits per heavy atom. The number of nitrogens with one attached hydrogen (secondary N) is 1. The van der Waals surface area contributed by atoms with Crippen molar-refractivity contribution in [2.45, 2.75) is 26.3 Å². The van der Waals surface area contributed by atoms with E-state index >= 15 is 0 Å². The number of benzene rings is 1. The van der Waals surface area contributed by atoms with E-state index in [1.54, 1.807) is 0 Å². The minimum Gasteiger partial charge on any atom is -0.480 e. The van der Waals surface area contributed by atoms with Crippen molar-refractivity contribution in [1.82, 2.24) is 10.3 Å². The summed E-state index contributed by atoms with van der Waals surface area (Å²) in [6.45, 7) is 3.79. The van der Waals surface area contributed by atoms with Gasteiger partial charge in [-0.15, -0.1) is 0 Å². The van der Waals surface area contributed by atoms with Gasteiger partial charge in [-0.3, -0.25) is 4.79 Å². The average molecular weight is 302 g/mol. The Kier molecular flexibility index (Phi) is 4.93. The molecule has 2 N–H and O–H groups in total. The van der Waals surface area contributed by atoms with E-state index in [4.69, 9.17) is 9.52 Å². The maximum absolute atomic E-state index is 12.1. The number of hydrogen-bond donors (Lipinski definition) is 2. The van der Waals surface area contributed by atoms with Gasteiger partial charge in [-0.1, -0.05) is 32.0 Å². The molecule has 2 rings (SSSR count). The summed E-state index contributed by atoms with van der Waals surface area (Å²) >= 11 is 0. The van der Waals surface area contributed by atoms with Gasteiger partial charge in [0.1, 0.15) is 12.3 Å². The first-order valence-electron chi connectivity index (χ1n) is 7.02. The molecule has 1 aromatic heterocycles. The number of carbonyl (C=O) groups is 2. The Morgan fingerprint density at radius 1 is 1.27 bits per heavy atom. The van der Waals surface area contributed by atoms with Gasteiger partial charge in [0.25, 0.3) is 5.91 Å². The predicted molar refractivity (Wildman–Crippen MR) is 80.3 cm³/mol. The number of hydrogen-bond acceptors (Lipinski definition) is 4. The summed E-state index contributed by atoms with van der Waals surface area (Å²) in [4.78, 5) is 27.4. The van der Waals surface area contributed by atoms with Crippen LogP contribution in [0.3, 0.4) is 0 Å². The van der Waals surface area contributed by atoms with E-state index in [-0.39, 0.29) is 11.6 Å². The number of carbonyl (C=O) groups excluding carboxylic acids is 1. The van der Waals surface area contributed by atoms with E-state index in [1.165, 1.54) is 6.26 Å². The van der Waals surface area contributed by atoms with Crippen molar-refractivity contribution in [3.8, 4) is 11.5 Å². The van der Waals surface area contributed by atoms with Gasteiger partial charge in [-0.05, 0) is 24.5 Å². The van der Waals surface area contributed by atoms with Gasteiger partial charge in [0, 0.05) is 5.56 Å². The van der Waals surface area contributed by atoms with E-state index in [1.807, 2.05) is 44.2 Å². The number of oxazole rings is 1.